The molecule has 1 rings (SSSR count). The normalized spacial score (nSPS) is 19.2. The van der Waals surface area contributed by atoms with Crippen LogP contribution in [0.2, 0.25) is 0 Å². The van der Waals surface area contributed by atoms with Crippen molar-refractivity contribution >= 4 is 8.58 Å². The summed E-state index contributed by atoms with van der Waals surface area (Å²) in [6.45, 7) is 0. The minimum absolute atomic E-state index is 0. The van der Waals surface area contributed by atoms with Crippen LogP contribution in [-0.2, 0) is 0 Å². The molecule has 1 heterocycles. The predicted octanol–water partition coefficient (Wildman–Crippen LogP) is 3.45. The zero-order chi connectivity index (χ0) is 5.66. The van der Waals surface area contributed by atoms with Crippen LogP contribution >= 0.6 is 8.58 Å². The fraction of sp³-hybridized carbons (Fsp3) is 0.667. The first kappa shape index (κ1) is 13.1. The summed E-state index contributed by atoms with van der Waals surface area (Å²) in [6, 6.07) is 0. The second-order valence-corrected chi connectivity index (χ2v) is 3.68. The lowest BCUT2D eigenvalue weighted by Crippen LogP contribution is -1.84. The van der Waals surface area contributed by atoms with E-state index in [1.165, 1.54) is 46.8 Å². The first-order chi connectivity index (χ1) is 4.00. The van der Waals surface area contributed by atoms with Crippen molar-refractivity contribution in [3.63, 3.8) is 0 Å². The van der Waals surface area contributed by atoms with E-state index in [-0.39, 0.29) is 14.9 Å². The average molecular weight is 157 g/mol. The summed E-state index contributed by atoms with van der Waals surface area (Å²) in [4.78, 5) is 0. The van der Waals surface area contributed by atoms with Gasteiger partial charge in [0.1, 0.15) is 0 Å². The van der Waals surface area contributed by atoms with Crippen LogP contribution in [0.1, 0.15) is 32.1 Å². The van der Waals surface area contributed by atoms with Crippen LogP contribution < -0.4 is 0 Å². The molecule has 0 N–H and O–H groups in total. The van der Waals surface area contributed by atoms with E-state index in [0.717, 1.165) is 0 Å². The highest BCUT2D eigenvalue weighted by molar-refractivity contribution is 7.40. The minimum atomic E-state index is 0. The van der Waals surface area contributed by atoms with Crippen molar-refractivity contribution < 1.29 is 0 Å². The SMILES string of the molecule is [CH2].[CH2].[CH]1CCCCCCP1. The molecule has 0 aromatic heterocycles. The van der Waals surface area contributed by atoms with Gasteiger partial charge in [0, 0.05) is 0 Å². The van der Waals surface area contributed by atoms with Gasteiger partial charge in [-0.1, -0.05) is 34.1 Å². The highest BCUT2D eigenvalue weighted by Crippen LogP contribution is 2.24. The molecule has 0 nitrogen and oxygen atoms in total. The highest BCUT2D eigenvalue weighted by Gasteiger charge is 1.95. The Kier molecular flexibility index (Phi) is 12.3. The number of hydrogen-bond donors (Lipinski definition) is 0. The van der Waals surface area contributed by atoms with Gasteiger partial charge < -0.3 is 0 Å². The van der Waals surface area contributed by atoms with Crippen molar-refractivity contribution in [2.75, 3.05) is 6.16 Å². The molecule has 1 aliphatic rings. The van der Waals surface area contributed by atoms with E-state index in [4.69, 9.17) is 0 Å². The Morgan fingerprint density at radius 1 is 0.900 bits per heavy atom. The molecule has 1 aliphatic heterocycles. The summed E-state index contributed by atoms with van der Waals surface area (Å²) in [6.07, 6.45) is 11.2. The summed E-state index contributed by atoms with van der Waals surface area (Å²) in [5, 5.41) is 0. The Bertz CT molecular complexity index is 28.7. The lowest BCUT2D eigenvalue weighted by molar-refractivity contribution is 0.665. The van der Waals surface area contributed by atoms with Gasteiger partial charge in [0.25, 0.3) is 0 Å². The molecule has 1 fully saturated rings. The molecule has 1 heteroatoms. The van der Waals surface area contributed by atoms with Crippen molar-refractivity contribution in [2.24, 2.45) is 0 Å². The molecule has 0 bridgehead atoms. The van der Waals surface area contributed by atoms with Gasteiger partial charge in [0.2, 0.25) is 0 Å². The van der Waals surface area contributed by atoms with Gasteiger partial charge in [-0.3, -0.25) is 0 Å². The van der Waals surface area contributed by atoms with Crippen molar-refractivity contribution in [1.82, 2.24) is 0 Å². The fourth-order valence-electron chi connectivity index (χ4n) is 1.03. The maximum Gasteiger partial charge on any atom is -0.0171 e. The molecule has 1 saturated heterocycles. The van der Waals surface area contributed by atoms with Crippen LogP contribution in [0.15, 0.2) is 0 Å². The number of hydrogen-bond acceptors (Lipinski definition) is 0. The average Bonchev–Trinajstić information content (AvgIpc) is 1.62. The van der Waals surface area contributed by atoms with E-state index in [9.17, 15) is 0 Å². The third-order valence-electron chi connectivity index (χ3n) is 1.56. The van der Waals surface area contributed by atoms with E-state index in [0.29, 0.717) is 0 Å². The minimum Gasteiger partial charge on any atom is -0.118 e. The summed E-state index contributed by atoms with van der Waals surface area (Å²) in [7, 11) is 1.17. The lowest BCUT2D eigenvalue weighted by Gasteiger charge is -2.05. The molecule has 5 radical (unpaired) electrons. The van der Waals surface area contributed by atoms with E-state index < -0.39 is 0 Å². The molecule has 1 atom stereocenters. The monoisotopic (exact) mass is 157 g/mol. The molecule has 59 valence electrons. The number of rotatable bonds is 0. The van der Waals surface area contributed by atoms with Crippen LogP contribution in [0.3, 0.4) is 0 Å². The molecular weight excluding hydrogens is 139 g/mol. The second kappa shape index (κ2) is 9.43. The molecule has 1 unspecified atom stereocenters. The van der Waals surface area contributed by atoms with Crippen molar-refractivity contribution in [2.45, 2.75) is 32.1 Å². The van der Waals surface area contributed by atoms with Gasteiger partial charge in [0.15, 0.2) is 0 Å². The topological polar surface area (TPSA) is 0 Å². The summed E-state index contributed by atoms with van der Waals surface area (Å²) < 4.78 is 0. The fourth-order valence-corrected chi connectivity index (χ4v) is 2.10. The zero-order valence-corrected chi connectivity index (χ0v) is 7.73. The second-order valence-electron chi connectivity index (χ2n) is 2.36. The van der Waals surface area contributed by atoms with Crippen LogP contribution in [0.25, 0.3) is 0 Å². The molecule has 0 aliphatic carbocycles. The third kappa shape index (κ3) is 6.55. The Balaban J connectivity index is 0. The van der Waals surface area contributed by atoms with Gasteiger partial charge in [0.05, 0.1) is 0 Å². The van der Waals surface area contributed by atoms with Crippen LogP contribution in [-0.4, -0.2) is 6.16 Å². The third-order valence-corrected chi connectivity index (χ3v) is 2.78. The first-order valence-electron chi connectivity index (χ1n) is 3.55. The summed E-state index contributed by atoms with van der Waals surface area (Å²) in [5.41, 5.74) is 0. The maximum absolute atomic E-state index is 2.47. The first-order valence-corrected chi connectivity index (χ1v) is 4.83. The molecule has 0 saturated carbocycles. The lowest BCUT2D eigenvalue weighted by atomic mass is 10.2. The molecule has 0 spiro atoms. The van der Waals surface area contributed by atoms with Gasteiger partial charge in [-0.2, -0.15) is 0 Å². The van der Waals surface area contributed by atoms with E-state index in [2.05, 4.69) is 6.16 Å². The maximum atomic E-state index is 2.47. The Morgan fingerprint density at radius 2 is 1.60 bits per heavy atom. The van der Waals surface area contributed by atoms with Crippen LogP contribution in [0.5, 0.6) is 0 Å². The Labute approximate surface area is 68.6 Å². The largest absolute Gasteiger partial charge is 0.118 e. The van der Waals surface area contributed by atoms with Gasteiger partial charge in [-0.25, -0.2) is 0 Å². The van der Waals surface area contributed by atoms with Crippen molar-refractivity contribution in [3.05, 3.63) is 21.0 Å². The molecular formula is C9H18P. The van der Waals surface area contributed by atoms with Gasteiger partial charge in [-0.15, -0.1) is 8.58 Å². The van der Waals surface area contributed by atoms with Gasteiger partial charge >= 0.3 is 0 Å². The molecule has 10 heavy (non-hydrogen) atoms. The smallest absolute Gasteiger partial charge is 0.0171 e. The van der Waals surface area contributed by atoms with Crippen LogP contribution in [0.4, 0.5) is 0 Å². The van der Waals surface area contributed by atoms with Crippen LogP contribution in [0, 0.1) is 21.0 Å². The van der Waals surface area contributed by atoms with Crippen molar-refractivity contribution in [1.29, 1.82) is 0 Å². The van der Waals surface area contributed by atoms with Gasteiger partial charge in [-0.05, 0) is 25.2 Å². The predicted molar refractivity (Wildman–Crippen MR) is 51.3 cm³/mol. The summed E-state index contributed by atoms with van der Waals surface area (Å²) in [5.74, 6) is 0. The van der Waals surface area contributed by atoms with E-state index >= 15 is 0 Å². The highest BCUT2D eigenvalue weighted by atomic mass is 31.1. The zero-order valence-electron chi connectivity index (χ0n) is 6.73. The molecule has 0 aromatic rings. The van der Waals surface area contributed by atoms with E-state index in [1.54, 1.807) is 0 Å². The van der Waals surface area contributed by atoms with Crippen molar-refractivity contribution in [3.8, 4) is 0 Å². The standard InChI is InChI=1S/C7H14P.2CH2/c1-2-4-6-8-7-5-3-1;;/h6,8H,1-5,7H2;2*1H2. The summed E-state index contributed by atoms with van der Waals surface area (Å²) >= 11 is 0. The van der Waals surface area contributed by atoms with E-state index in [1.807, 2.05) is 0 Å². The Morgan fingerprint density at radius 3 is 2.40 bits per heavy atom. The molecule has 0 amide bonds. The quantitative estimate of drug-likeness (QED) is 0.472. The molecule has 0 aromatic carbocycles. The Hall–Kier alpha value is 0.430.